The number of quaternary nitrogens is 1. The summed E-state index contributed by atoms with van der Waals surface area (Å²) in [5.41, 5.74) is 3.57. The van der Waals surface area contributed by atoms with E-state index in [-0.39, 0.29) is 11.7 Å². The zero-order valence-corrected chi connectivity index (χ0v) is 11.2. The molecule has 1 aromatic heterocycles. The molecule has 1 aromatic rings. The third-order valence-corrected chi connectivity index (χ3v) is 3.22. The van der Waals surface area contributed by atoms with E-state index in [1.807, 2.05) is 0 Å². The van der Waals surface area contributed by atoms with E-state index in [9.17, 15) is 4.79 Å². The molecule has 6 heteroatoms. The fraction of sp³-hybridized carbons (Fsp3) is 0.455. The van der Waals surface area contributed by atoms with Crippen LogP contribution in [0.4, 0.5) is 0 Å². The number of nitrogens with one attached hydrogen (secondary N) is 2. The van der Waals surface area contributed by atoms with Crippen LogP contribution >= 0.6 is 15.9 Å². The molecule has 1 aliphatic rings. The predicted octanol–water partition coefficient (Wildman–Crippen LogP) is 0.436. The van der Waals surface area contributed by atoms with Crippen LogP contribution in [0.5, 0.6) is 0 Å². The SMILES string of the molecule is C[NH+]1CCC(=NNC(=O)c2ccc(Br)o2)CC1. The van der Waals surface area contributed by atoms with Gasteiger partial charge in [-0.15, -0.1) is 0 Å². The Balaban J connectivity index is 1.89. The second kappa shape index (κ2) is 5.46. The summed E-state index contributed by atoms with van der Waals surface area (Å²) in [4.78, 5) is 13.1. The Morgan fingerprint density at radius 3 is 2.76 bits per heavy atom. The average molecular weight is 301 g/mol. The van der Waals surface area contributed by atoms with Crippen LogP contribution in [0, 0.1) is 0 Å². The average Bonchev–Trinajstić information content (AvgIpc) is 2.75. The monoisotopic (exact) mass is 300 g/mol. The maximum atomic E-state index is 11.6. The summed E-state index contributed by atoms with van der Waals surface area (Å²) in [7, 11) is 2.16. The molecule has 1 amide bonds. The normalized spacial score (nSPS) is 20.1. The molecule has 0 bridgehead atoms. The molecule has 17 heavy (non-hydrogen) atoms. The van der Waals surface area contributed by atoms with Crippen LogP contribution < -0.4 is 10.3 Å². The molecule has 0 saturated carbocycles. The van der Waals surface area contributed by atoms with Crippen molar-refractivity contribution >= 4 is 27.5 Å². The summed E-state index contributed by atoms with van der Waals surface area (Å²) in [6, 6.07) is 3.29. The smallest absolute Gasteiger partial charge is 0.307 e. The number of hydrogen-bond acceptors (Lipinski definition) is 3. The van der Waals surface area contributed by atoms with Crippen molar-refractivity contribution in [3.05, 3.63) is 22.6 Å². The lowest BCUT2D eigenvalue weighted by Gasteiger charge is -2.19. The van der Waals surface area contributed by atoms with E-state index < -0.39 is 0 Å². The molecular formula is C11H15BrN3O2+. The number of halogens is 1. The highest BCUT2D eigenvalue weighted by atomic mass is 79.9. The lowest BCUT2D eigenvalue weighted by atomic mass is 10.1. The summed E-state index contributed by atoms with van der Waals surface area (Å²) >= 11 is 3.15. The van der Waals surface area contributed by atoms with Gasteiger partial charge in [-0.3, -0.25) is 4.79 Å². The van der Waals surface area contributed by atoms with Gasteiger partial charge in [-0.2, -0.15) is 5.10 Å². The Morgan fingerprint density at radius 1 is 1.47 bits per heavy atom. The summed E-state index contributed by atoms with van der Waals surface area (Å²) in [6.45, 7) is 2.14. The van der Waals surface area contributed by atoms with Gasteiger partial charge in [-0.1, -0.05) is 0 Å². The van der Waals surface area contributed by atoms with Crippen LogP contribution in [0.1, 0.15) is 23.4 Å². The number of hydrogen-bond donors (Lipinski definition) is 2. The van der Waals surface area contributed by atoms with Crippen molar-refractivity contribution in [1.82, 2.24) is 5.43 Å². The third kappa shape index (κ3) is 3.41. The Kier molecular flexibility index (Phi) is 3.96. The minimum absolute atomic E-state index is 0.264. The van der Waals surface area contributed by atoms with Crippen LogP contribution in [0.3, 0.4) is 0 Å². The summed E-state index contributed by atoms with van der Waals surface area (Å²) < 4.78 is 5.67. The van der Waals surface area contributed by atoms with Gasteiger partial charge in [0.1, 0.15) is 0 Å². The van der Waals surface area contributed by atoms with Crippen LogP contribution in [0.25, 0.3) is 0 Å². The van der Waals surface area contributed by atoms with Crippen molar-refractivity contribution in [3.63, 3.8) is 0 Å². The van der Waals surface area contributed by atoms with E-state index in [1.54, 1.807) is 12.1 Å². The van der Waals surface area contributed by atoms with Crippen LogP contribution in [-0.4, -0.2) is 31.8 Å². The molecule has 2 rings (SSSR count). The Bertz CT molecular complexity index is 432. The molecule has 1 saturated heterocycles. The van der Waals surface area contributed by atoms with Crippen LogP contribution in [0.2, 0.25) is 0 Å². The number of hydrazone groups is 1. The molecule has 1 aliphatic heterocycles. The minimum atomic E-state index is -0.311. The standard InChI is InChI=1S/C11H14BrN3O2/c1-15-6-4-8(5-7-15)13-14-11(16)9-2-3-10(12)17-9/h2-3H,4-7H2,1H3,(H,14,16)/p+1. The predicted molar refractivity (Wildman–Crippen MR) is 67.2 cm³/mol. The Hall–Kier alpha value is -1.14. The first-order valence-electron chi connectivity index (χ1n) is 5.57. The van der Waals surface area contributed by atoms with Crippen molar-refractivity contribution < 1.29 is 14.1 Å². The fourth-order valence-electron chi connectivity index (χ4n) is 1.70. The van der Waals surface area contributed by atoms with Gasteiger partial charge in [0.25, 0.3) is 0 Å². The first-order valence-corrected chi connectivity index (χ1v) is 6.37. The quantitative estimate of drug-likeness (QED) is 0.779. The lowest BCUT2D eigenvalue weighted by Crippen LogP contribution is -3.10. The number of furan rings is 1. The van der Waals surface area contributed by atoms with E-state index in [1.165, 1.54) is 4.90 Å². The molecule has 0 atom stereocenters. The van der Waals surface area contributed by atoms with Crippen molar-refractivity contribution in [2.45, 2.75) is 12.8 Å². The van der Waals surface area contributed by atoms with Crippen molar-refractivity contribution in [2.24, 2.45) is 5.10 Å². The fourth-order valence-corrected chi connectivity index (χ4v) is 2.00. The molecule has 0 radical (unpaired) electrons. The Morgan fingerprint density at radius 2 is 2.18 bits per heavy atom. The zero-order chi connectivity index (χ0) is 12.3. The molecule has 0 aliphatic carbocycles. The molecule has 0 unspecified atom stereocenters. The van der Waals surface area contributed by atoms with Gasteiger partial charge in [0.2, 0.25) is 0 Å². The van der Waals surface area contributed by atoms with Gasteiger partial charge in [-0.05, 0) is 28.1 Å². The third-order valence-electron chi connectivity index (χ3n) is 2.79. The molecular weight excluding hydrogens is 286 g/mol. The molecule has 5 nitrogen and oxygen atoms in total. The van der Waals surface area contributed by atoms with E-state index in [2.05, 4.69) is 33.5 Å². The van der Waals surface area contributed by atoms with Crippen LogP contribution in [-0.2, 0) is 0 Å². The maximum absolute atomic E-state index is 11.6. The second-order valence-corrected chi connectivity index (χ2v) is 4.96. The van der Waals surface area contributed by atoms with Crippen molar-refractivity contribution in [2.75, 3.05) is 20.1 Å². The zero-order valence-electron chi connectivity index (χ0n) is 9.62. The number of carbonyl (C=O) groups is 1. The highest BCUT2D eigenvalue weighted by Gasteiger charge is 2.15. The molecule has 0 aromatic carbocycles. The molecule has 2 N–H and O–H groups in total. The van der Waals surface area contributed by atoms with E-state index in [4.69, 9.17) is 4.42 Å². The lowest BCUT2D eigenvalue weighted by molar-refractivity contribution is -0.880. The highest BCUT2D eigenvalue weighted by Crippen LogP contribution is 2.13. The summed E-state index contributed by atoms with van der Waals surface area (Å²) in [5.74, 6) is -0.0470. The number of piperidine rings is 1. The van der Waals surface area contributed by atoms with Gasteiger partial charge in [0.15, 0.2) is 10.4 Å². The number of rotatable bonds is 2. The largest absolute Gasteiger partial charge is 0.444 e. The topological polar surface area (TPSA) is 59.0 Å². The van der Waals surface area contributed by atoms with Gasteiger partial charge >= 0.3 is 5.91 Å². The number of carbonyl (C=O) groups excluding carboxylic acids is 1. The van der Waals surface area contributed by atoms with Crippen LogP contribution in [0.15, 0.2) is 26.3 Å². The van der Waals surface area contributed by atoms with Gasteiger partial charge < -0.3 is 9.32 Å². The number of likely N-dealkylation sites (tertiary alicyclic amines) is 1. The van der Waals surface area contributed by atoms with Gasteiger partial charge in [0, 0.05) is 18.6 Å². The van der Waals surface area contributed by atoms with Gasteiger partial charge in [-0.25, -0.2) is 5.43 Å². The van der Waals surface area contributed by atoms with Crippen molar-refractivity contribution in [1.29, 1.82) is 0 Å². The summed E-state index contributed by atoms with van der Waals surface area (Å²) in [6.07, 6.45) is 1.88. The van der Waals surface area contributed by atoms with E-state index in [0.717, 1.165) is 31.6 Å². The van der Waals surface area contributed by atoms with E-state index in [0.29, 0.717) is 4.67 Å². The first-order chi connectivity index (χ1) is 8.15. The molecule has 92 valence electrons. The van der Waals surface area contributed by atoms with Crippen molar-refractivity contribution in [3.8, 4) is 0 Å². The number of nitrogens with zero attached hydrogens (tertiary/aromatic N) is 1. The molecule has 0 spiro atoms. The van der Waals surface area contributed by atoms with E-state index >= 15 is 0 Å². The Labute approximate surface area is 108 Å². The minimum Gasteiger partial charge on any atom is -0.444 e. The first kappa shape index (κ1) is 12.3. The molecule has 1 fully saturated rings. The second-order valence-electron chi connectivity index (χ2n) is 4.18. The summed E-state index contributed by atoms with van der Waals surface area (Å²) in [5, 5.41) is 4.13. The maximum Gasteiger partial charge on any atom is 0.307 e. The number of amides is 1. The van der Waals surface area contributed by atoms with Gasteiger partial charge in [0.05, 0.1) is 20.1 Å². The molecule has 2 heterocycles. The highest BCUT2D eigenvalue weighted by molar-refractivity contribution is 9.10.